The van der Waals surface area contributed by atoms with E-state index >= 15 is 0 Å². The summed E-state index contributed by atoms with van der Waals surface area (Å²) in [4.78, 5) is 24.3. The molecular weight excluding hydrogens is 264 g/mol. The third-order valence-corrected chi connectivity index (χ3v) is 4.11. The average molecular weight is 286 g/mol. The lowest BCUT2D eigenvalue weighted by atomic mass is 9.93. The fourth-order valence-electron chi connectivity index (χ4n) is 3.02. The zero-order valence-electron chi connectivity index (χ0n) is 12.4. The first-order valence-corrected chi connectivity index (χ1v) is 7.45. The summed E-state index contributed by atoms with van der Waals surface area (Å²) in [5.41, 5.74) is 2.07. The molecule has 21 heavy (non-hydrogen) atoms. The fourth-order valence-corrected chi connectivity index (χ4v) is 3.02. The Morgan fingerprint density at radius 2 is 1.81 bits per heavy atom. The molecule has 0 aromatic heterocycles. The Labute approximate surface area is 125 Å². The van der Waals surface area contributed by atoms with Crippen molar-refractivity contribution in [3.63, 3.8) is 0 Å². The van der Waals surface area contributed by atoms with Crippen molar-refractivity contribution in [2.45, 2.75) is 38.1 Å². The lowest BCUT2D eigenvalue weighted by molar-refractivity contribution is -0.111. The molecule has 0 radical (unpaired) electrons. The number of nitrogens with zero attached hydrogens (tertiary/aromatic N) is 1. The molecule has 112 valence electrons. The molecule has 1 N–H and O–H groups in total. The van der Waals surface area contributed by atoms with Crippen LogP contribution in [0.15, 0.2) is 36.0 Å². The highest BCUT2D eigenvalue weighted by Crippen LogP contribution is 2.29. The molecule has 0 unspecified atom stereocenters. The number of carbonyl (C=O) groups is 2. The van der Waals surface area contributed by atoms with Gasteiger partial charge in [0.1, 0.15) is 5.70 Å². The summed E-state index contributed by atoms with van der Waals surface area (Å²) in [6.45, 7) is 0. The molecule has 0 heterocycles. The number of rotatable bonds is 6. The van der Waals surface area contributed by atoms with E-state index in [2.05, 4.69) is 10.2 Å². The molecule has 1 aromatic rings. The van der Waals surface area contributed by atoms with Gasteiger partial charge in [-0.05, 0) is 12.8 Å². The van der Waals surface area contributed by atoms with Crippen molar-refractivity contribution in [3.05, 3.63) is 41.6 Å². The van der Waals surface area contributed by atoms with Crippen LogP contribution < -0.4 is 5.32 Å². The predicted molar refractivity (Wildman–Crippen MR) is 83.3 cm³/mol. The van der Waals surface area contributed by atoms with E-state index in [0.29, 0.717) is 18.1 Å². The van der Waals surface area contributed by atoms with Crippen LogP contribution in [0.5, 0.6) is 0 Å². The number of carbonyl (C=O) groups excluding carboxylic acids is 2. The van der Waals surface area contributed by atoms with Crippen LogP contribution in [0.3, 0.4) is 0 Å². The van der Waals surface area contributed by atoms with E-state index in [1.165, 1.54) is 19.3 Å². The molecule has 1 fully saturated rings. The summed E-state index contributed by atoms with van der Waals surface area (Å²) >= 11 is 0. The molecule has 0 bridgehead atoms. The monoisotopic (exact) mass is 286 g/mol. The first kappa shape index (κ1) is 15.3. The lowest BCUT2D eigenvalue weighted by Gasteiger charge is -2.35. The summed E-state index contributed by atoms with van der Waals surface area (Å²) in [7, 11) is 2.01. The summed E-state index contributed by atoms with van der Waals surface area (Å²) in [6.07, 6.45) is 7.24. The second-order valence-electron chi connectivity index (χ2n) is 5.41. The Balaban J connectivity index is 2.39. The number of nitrogens with one attached hydrogen (secondary N) is 1. The van der Waals surface area contributed by atoms with Gasteiger partial charge in [0.2, 0.25) is 6.41 Å². The van der Waals surface area contributed by atoms with E-state index < -0.39 is 0 Å². The molecule has 1 aliphatic carbocycles. The zero-order valence-corrected chi connectivity index (χ0v) is 12.4. The van der Waals surface area contributed by atoms with Crippen LogP contribution in [0.4, 0.5) is 0 Å². The summed E-state index contributed by atoms with van der Waals surface area (Å²) in [5.74, 6) is 0. The summed E-state index contributed by atoms with van der Waals surface area (Å²) in [6, 6.07) is 10.2. The van der Waals surface area contributed by atoms with Crippen molar-refractivity contribution in [1.82, 2.24) is 10.2 Å². The minimum absolute atomic E-state index is 0.323. The quantitative estimate of drug-likeness (QED) is 0.646. The predicted octanol–water partition coefficient (Wildman–Crippen LogP) is 2.56. The fraction of sp³-hybridized carbons (Fsp3) is 0.412. The number of hydrogen-bond donors (Lipinski definition) is 1. The normalized spacial score (nSPS) is 16.8. The van der Waals surface area contributed by atoms with Crippen LogP contribution >= 0.6 is 0 Å². The molecule has 4 heteroatoms. The second-order valence-corrected chi connectivity index (χ2v) is 5.41. The van der Waals surface area contributed by atoms with Gasteiger partial charge in [-0.2, -0.15) is 0 Å². The van der Waals surface area contributed by atoms with Gasteiger partial charge in [0.25, 0.3) is 0 Å². The third kappa shape index (κ3) is 3.72. The van der Waals surface area contributed by atoms with E-state index in [-0.39, 0.29) is 0 Å². The Morgan fingerprint density at radius 1 is 1.14 bits per heavy atom. The maximum atomic E-state index is 11.4. The first-order chi connectivity index (χ1) is 10.3. The molecule has 2 rings (SSSR count). The number of hydrogen-bond acceptors (Lipinski definition) is 3. The Hall–Kier alpha value is -2.10. The zero-order chi connectivity index (χ0) is 15.1. The highest BCUT2D eigenvalue weighted by Gasteiger charge is 2.23. The Morgan fingerprint density at radius 3 is 2.38 bits per heavy atom. The molecule has 1 aliphatic rings. The molecule has 4 nitrogen and oxygen atoms in total. The average Bonchev–Trinajstić information content (AvgIpc) is 2.56. The van der Waals surface area contributed by atoms with Gasteiger partial charge in [0, 0.05) is 18.7 Å². The largest absolute Gasteiger partial charge is 0.369 e. The van der Waals surface area contributed by atoms with E-state index in [9.17, 15) is 9.59 Å². The van der Waals surface area contributed by atoms with Gasteiger partial charge in [-0.25, -0.2) is 0 Å². The first-order valence-electron chi connectivity index (χ1n) is 7.45. The van der Waals surface area contributed by atoms with Crippen LogP contribution in [0.25, 0.3) is 5.70 Å². The second kappa shape index (κ2) is 7.62. The SMILES string of the molecule is CN(/C(=C(/C=O)NC=O)c1ccccc1)C1CCCCC1. The molecule has 0 aliphatic heterocycles. The van der Waals surface area contributed by atoms with Crippen molar-refractivity contribution in [2.24, 2.45) is 0 Å². The van der Waals surface area contributed by atoms with Crippen LogP contribution in [0, 0.1) is 0 Å². The maximum absolute atomic E-state index is 11.4. The highest BCUT2D eigenvalue weighted by molar-refractivity contribution is 5.89. The van der Waals surface area contributed by atoms with Crippen LogP contribution in [0.2, 0.25) is 0 Å². The minimum atomic E-state index is 0.323. The van der Waals surface area contributed by atoms with Gasteiger partial charge in [-0.1, -0.05) is 49.6 Å². The number of allylic oxidation sites excluding steroid dienone is 1. The lowest BCUT2D eigenvalue weighted by Crippen LogP contribution is -2.34. The molecule has 0 saturated heterocycles. The van der Waals surface area contributed by atoms with Gasteiger partial charge < -0.3 is 10.2 Å². The Kier molecular flexibility index (Phi) is 5.55. The number of aldehydes is 1. The Bertz CT molecular complexity index is 505. The smallest absolute Gasteiger partial charge is 0.211 e. The van der Waals surface area contributed by atoms with E-state index in [4.69, 9.17) is 0 Å². The number of benzene rings is 1. The van der Waals surface area contributed by atoms with Gasteiger partial charge >= 0.3 is 0 Å². The van der Waals surface area contributed by atoms with E-state index in [0.717, 1.165) is 30.4 Å². The summed E-state index contributed by atoms with van der Waals surface area (Å²) < 4.78 is 0. The topological polar surface area (TPSA) is 49.4 Å². The molecule has 1 amide bonds. The minimum Gasteiger partial charge on any atom is -0.369 e. The van der Waals surface area contributed by atoms with Gasteiger partial charge in [0.05, 0.1) is 5.70 Å². The molecule has 0 spiro atoms. The van der Waals surface area contributed by atoms with Gasteiger partial charge in [0.15, 0.2) is 6.29 Å². The van der Waals surface area contributed by atoms with Crippen molar-refractivity contribution in [2.75, 3.05) is 7.05 Å². The van der Waals surface area contributed by atoms with Crippen LogP contribution in [-0.2, 0) is 9.59 Å². The molecule has 0 atom stereocenters. The van der Waals surface area contributed by atoms with E-state index in [1.807, 2.05) is 37.4 Å². The molecule has 1 saturated carbocycles. The van der Waals surface area contributed by atoms with Crippen molar-refractivity contribution >= 4 is 18.4 Å². The van der Waals surface area contributed by atoms with Crippen molar-refractivity contribution in [3.8, 4) is 0 Å². The highest BCUT2D eigenvalue weighted by atomic mass is 16.1. The summed E-state index contributed by atoms with van der Waals surface area (Å²) in [5, 5.41) is 2.54. The van der Waals surface area contributed by atoms with E-state index in [1.54, 1.807) is 0 Å². The van der Waals surface area contributed by atoms with Gasteiger partial charge in [-0.15, -0.1) is 0 Å². The molecule has 1 aromatic carbocycles. The van der Waals surface area contributed by atoms with Crippen LogP contribution in [0.1, 0.15) is 37.7 Å². The van der Waals surface area contributed by atoms with Gasteiger partial charge in [-0.3, -0.25) is 9.59 Å². The third-order valence-electron chi connectivity index (χ3n) is 4.11. The van der Waals surface area contributed by atoms with Crippen molar-refractivity contribution < 1.29 is 9.59 Å². The standard InChI is InChI=1S/C17H22N2O2/c1-19(15-10-6-3-7-11-15)17(16(12-20)18-13-21)14-8-4-2-5-9-14/h2,4-5,8-9,12-13,15H,3,6-7,10-11H2,1H3,(H,18,21)/b17-16-. The molecular formula is C17H22N2O2. The number of amides is 1. The van der Waals surface area contributed by atoms with Crippen LogP contribution in [-0.4, -0.2) is 30.7 Å². The van der Waals surface area contributed by atoms with Crippen molar-refractivity contribution in [1.29, 1.82) is 0 Å². The maximum Gasteiger partial charge on any atom is 0.211 e.